The summed E-state index contributed by atoms with van der Waals surface area (Å²) in [4.78, 5) is 10.9. The average Bonchev–Trinajstić information content (AvgIpc) is 2.62. The molecule has 3 unspecified atom stereocenters. The quantitative estimate of drug-likeness (QED) is 0.554. The van der Waals surface area contributed by atoms with E-state index in [1.54, 1.807) is 6.08 Å². The standard InChI is InChI=1S/C10H12O5/c11-3-5-1-2-6-7(9(12)13)4-15-10(14)8(5)6/h1,4,6,8,10-11,14H,2-3H2,(H,12,13). The maximum Gasteiger partial charge on any atom is 0.335 e. The summed E-state index contributed by atoms with van der Waals surface area (Å²) in [5.74, 6) is -1.75. The lowest BCUT2D eigenvalue weighted by molar-refractivity contribution is -0.138. The summed E-state index contributed by atoms with van der Waals surface area (Å²) in [5, 5.41) is 27.5. The zero-order valence-corrected chi connectivity index (χ0v) is 7.96. The van der Waals surface area contributed by atoms with Gasteiger partial charge in [0.05, 0.1) is 24.4 Å². The Morgan fingerprint density at radius 2 is 2.33 bits per heavy atom. The third kappa shape index (κ3) is 1.53. The van der Waals surface area contributed by atoms with Crippen LogP contribution < -0.4 is 0 Å². The number of hydrogen-bond donors (Lipinski definition) is 3. The van der Waals surface area contributed by atoms with Crippen LogP contribution in [0.2, 0.25) is 0 Å². The molecule has 0 amide bonds. The summed E-state index contributed by atoms with van der Waals surface area (Å²) in [5.41, 5.74) is 0.810. The molecule has 0 aromatic rings. The first-order valence-electron chi connectivity index (χ1n) is 4.71. The summed E-state index contributed by atoms with van der Waals surface area (Å²) >= 11 is 0. The van der Waals surface area contributed by atoms with E-state index in [-0.39, 0.29) is 18.1 Å². The first-order chi connectivity index (χ1) is 7.15. The van der Waals surface area contributed by atoms with Crippen molar-refractivity contribution in [3.8, 4) is 0 Å². The van der Waals surface area contributed by atoms with Gasteiger partial charge in [-0.3, -0.25) is 0 Å². The second kappa shape index (κ2) is 3.67. The average molecular weight is 212 g/mol. The van der Waals surface area contributed by atoms with Crippen molar-refractivity contribution >= 4 is 5.97 Å². The number of rotatable bonds is 2. The van der Waals surface area contributed by atoms with E-state index in [1.807, 2.05) is 0 Å². The molecule has 0 radical (unpaired) electrons. The minimum absolute atomic E-state index is 0.157. The first kappa shape index (κ1) is 10.2. The minimum atomic E-state index is -1.06. The largest absolute Gasteiger partial charge is 0.478 e. The molecule has 82 valence electrons. The van der Waals surface area contributed by atoms with Gasteiger partial charge < -0.3 is 20.1 Å². The molecule has 3 atom stereocenters. The molecule has 1 aliphatic heterocycles. The predicted octanol–water partition coefficient (Wildman–Crippen LogP) is -0.142. The van der Waals surface area contributed by atoms with Gasteiger partial charge in [-0.15, -0.1) is 0 Å². The zero-order chi connectivity index (χ0) is 11.0. The number of carboxylic acid groups (broad SMARTS) is 1. The molecular weight excluding hydrogens is 200 g/mol. The van der Waals surface area contributed by atoms with Crippen molar-refractivity contribution in [2.24, 2.45) is 11.8 Å². The molecule has 3 N–H and O–H groups in total. The van der Waals surface area contributed by atoms with Gasteiger partial charge in [0.2, 0.25) is 6.29 Å². The molecule has 5 nitrogen and oxygen atoms in total. The predicted molar refractivity (Wildman–Crippen MR) is 49.6 cm³/mol. The normalized spacial score (nSPS) is 33.9. The van der Waals surface area contributed by atoms with Crippen LogP contribution in [0.1, 0.15) is 6.42 Å². The zero-order valence-electron chi connectivity index (χ0n) is 7.96. The highest BCUT2D eigenvalue weighted by molar-refractivity contribution is 5.87. The van der Waals surface area contributed by atoms with E-state index in [2.05, 4.69) is 0 Å². The SMILES string of the molecule is O=C(O)C1=COC(O)C2C(CO)=CCC12. The molecule has 0 aromatic heterocycles. The van der Waals surface area contributed by atoms with E-state index in [0.29, 0.717) is 12.0 Å². The fraction of sp³-hybridized carbons (Fsp3) is 0.500. The molecule has 15 heavy (non-hydrogen) atoms. The summed E-state index contributed by atoms with van der Waals surface area (Å²) < 4.78 is 4.86. The summed E-state index contributed by atoms with van der Waals surface area (Å²) in [6.07, 6.45) is 2.34. The Labute approximate surface area is 86.3 Å². The molecule has 2 aliphatic rings. The minimum Gasteiger partial charge on any atom is -0.478 e. The summed E-state index contributed by atoms with van der Waals surface area (Å²) in [6.45, 7) is -0.172. The van der Waals surface area contributed by atoms with Gasteiger partial charge in [0.1, 0.15) is 0 Å². The molecule has 0 bridgehead atoms. The molecular formula is C10H12O5. The van der Waals surface area contributed by atoms with Crippen molar-refractivity contribution in [1.29, 1.82) is 0 Å². The number of hydrogen-bond acceptors (Lipinski definition) is 4. The van der Waals surface area contributed by atoms with E-state index in [1.165, 1.54) is 0 Å². The van der Waals surface area contributed by atoms with Crippen molar-refractivity contribution in [1.82, 2.24) is 0 Å². The molecule has 2 rings (SSSR count). The second-order valence-electron chi connectivity index (χ2n) is 3.71. The molecule has 0 aromatic carbocycles. The second-order valence-corrected chi connectivity index (χ2v) is 3.71. The molecule has 5 heteroatoms. The van der Waals surface area contributed by atoms with E-state index >= 15 is 0 Å². The van der Waals surface area contributed by atoms with Gasteiger partial charge >= 0.3 is 5.97 Å². The smallest absolute Gasteiger partial charge is 0.335 e. The number of allylic oxidation sites excluding steroid dienone is 1. The lowest BCUT2D eigenvalue weighted by atomic mass is 9.84. The molecule has 0 saturated carbocycles. The maximum atomic E-state index is 10.9. The highest BCUT2D eigenvalue weighted by Gasteiger charge is 2.42. The molecule has 1 heterocycles. The van der Waals surface area contributed by atoms with Crippen molar-refractivity contribution < 1.29 is 24.9 Å². The monoisotopic (exact) mass is 212 g/mol. The highest BCUT2D eigenvalue weighted by Crippen LogP contribution is 2.41. The topological polar surface area (TPSA) is 87.0 Å². The van der Waals surface area contributed by atoms with Crippen molar-refractivity contribution in [2.45, 2.75) is 12.7 Å². The number of aliphatic hydroxyl groups excluding tert-OH is 2. The first-order valence-corrected chi connectivity index (χ1v) is 4.71. The number of fused-ring (bicyclic) bond motifs is 1. The number of aliphatic hydroxyl groups is 2. The van der Waals surface area contributed by atoms with Crippen LogP contribution in [0.15, 0.2) is 23.5 Å². The summed E-state index contributed by atoms with van der Waals surface area (Å²) in [7, 11) is 0. The number of carboxylic acids is 1. The van der Waals surface area contributed by atoms with E-state index in [9.17, 15) is 9.90 Å². The Balaban J connectivity index is 2.29. The van der Waals surface area contributed by atoms with Crippen LogP contribution in [0.3, 0.4) is 0 Å². The Morgan fingerprint density at radius 1 is 1.60 bits per heavy atom. The van der Waals surface area contributed by atoms with Crippen LogP contribution >= 0.6 is 0 Å². The van der Waals surface area contributed by atoms with Gasteiger partial charge in [-0.25, -0.2) is 4.79 Å². The highest BCUT2D eigenvalue weighted by atomic mass is 16.6. The van der Waals surface area contributed by atoms with Gasteiger partial charge in [0.15, 0.2) is 0 Å². The van der Waals surface area contributed by atoms with Crippen LogP contribution in [0.5, 0.6) is 0 Å². The van der Waals surface area contributed by atoms with E-state index in [4.69, 9.17) is 14.9 Å². The van der Waals surface area contributed by atoms with Crippen LogP contribution in [0, 0.1) is 11.8 Å². The van der Waals surface area contributed by atoms with Crippen molar-refractivity contribution in [3.05, 3.63) is 23.5 Å². The van der Waals surface area contributed by atoms with Crippen molar-refractivity contribution in [2.75, 3.05) is 6.61 Å². The van der Waals surface area contributed by atoms with Crippen LogP contribution in [0.25, 0.3) is 0 Å². The van der Waals surface area contributed by atoms with Crippen LogP contribution in [-0.2, 0) is 9.53 Å². The molecule has 0 spiro atoms. The Morgan fingerprint density at radius 3 is 2.93 bits per heavy atom. The van der Waals surface area contributed by atoms with Crippen LogP contribution in [0.4, 0.5) is 0 Å². The number of aliphatic carboxylic acids is 1. The molecule has 0 fully saturated rings. The van der Waals surface area contributed by atoms with Gasteiger partial charge in [0.25, 0.3) is 0 Å². The fourth-order valence-corrected chi connectivity index (χ4v) is 2.22. The third-order valence-electron chi connectivity index (χ3n) is 2.97. The van der Waals surface area contributed by atoms with Gasteiger partial charge in [-0.2, -0.15) is 0 Å². The number of ether oxygens (including phenoxy) is 1. The lowest BCUT2D eigenvalue weighted by Crippen LogP contribution is -2.35. The summed E-state index contributed by atoms with van der Waals surface area (Å²) in [6, 6.07) is 0. The van der Waals surface area contributed by atoms with Crippen LogP contribution in [-0.4, -0.2) is 34.2 Å². The Kier molecular flexibility index (Phi) is 2.50. The van der Waals surface area contributed by atoms with E-state index in [0.717, 1.165) is 6.26 Å². The molecule has 0 saturated heterocycles. The van der Waals surface area contributed by atoms with Gasteiger partial charge in [-0.05, 0) is 12.0 Å². The fourth-order valence-electron chi connectivity index (χ4n) is 2.22. The third-order valence-corrected chi connectivity index (χ3v) is 2.97. The van der Waals surface area contributed by atoms with Crippen molar-refractivity contribution in [3.63, 3.8) is 0 Å². The van der Waals surface area contributed by atoms with E-state index < -0.39 is 18.2 Å². The Bertz CT molecular complexity index is 344. The maximum absolute atomic E-state index is 10.9. The lowest BCUT2D eigenvalue weighted by Gasteiger charge is -2.31. The van der Waals surface area contributed by atoms with Gasteiger partial charge in [-0.1, -0.05) is 6.08 Å². The number of carbonyl (C=O) groups is 1. The van der Waals surface area contributed by atoms with Gasteiger partial charge in [0, 0.05) is 5.92 Å². The Hall–Kier alpha value is -1.33. The molecule has 1 aliphatic carbocycles.